The Labute approximate surface area is 76.2 Å². The highest BCUT2D eigenvalue weighted by atomic mass is 16.5. The van der Waals surface area contributed by atoms with E-state index >= 15 is 0 Å². The molecule has 4 nitrogen and oxygen atoms in total. The van der Waals surface area contributed by atoms with E-state index in [-0.39, 0.29) is 17.5 Å². The van der Waals surface area contributed by atoms with Crippen molar-refractivity contribution in [1.82, 2.24) is 0 Å². The van der Waals surface area contributed by atoms with E-state index < -0.39 is 11.9 Å². The molecule has 0 aromatic carbocycles. The molecule has 1 rings (SSSR count). The molecule has 0 amide bonds. The van der Waals surface area contributed by atoms with Crippen molar-refractivity contribution < 1.29 is 19.4 Å². The Balaban J connectivity index is 2.87. The van der Waals surface area contributed by atoms with Gasteiger partial charge in [0.25, 0.3) is 0 Å². The normalized spacial score (nSPS) is 28.2. The van der Waals surface area contributed by atoms with Crippen LogP contribution in [0.15, 0.2) is 11.8 Å². The summed E-state index contributed by atoms with van der Waals surface area (Å²) in [5.74, 6) is -1.80. The van der Waals surface area contributed by atoms with E-state index in [2.05, 4.69) is 4.74 Å². The Kier molecular flexibility index (Phi) is 2.70. The fraction of sp³-hybridized carbons (Fsp3) is 0.556. The molecule has 0 aromatic rings. The summed E-state index contributed by atoms with van der Waals surface area (Å²) in [5, 5.41) is 9.11. The minimum absolute atomic E-state index is 0.0395. The van der Waals surface area contributed by atoms with E-state index in [0.717, 1.165) is 6.08 Å². The number of ketones is 1. The first-order valence-electron chi connectivity index (χ1n) is 4.07. The summed E-state index contributed by atoms with van der Waals surface area (Å²) in [5.41, 5.74) is 0. The molecule has 0 radical (unpaired) electrons. The number of carbonyl (C=O) groups is 2. The van der Waals surface area contributed by atoms with E-state index in [9.17, 15) is 9.59 Å². The molecular weight excluding hydrogens is 172 g/mol. The third-order valence-corrected chi connectivity index (χ3v) is 2.17. The van der Waals surface area contributed by atoms with Gasteiger partial charge in [0.2, 0.25) is 0 Å². The maximum atomic E-state index is 11.3. The van der Waals surface area contributed by atoms with Crippen molar-refractivity contribution in [2.45, 2.75) is 13.3 Å². The van der Waals surface area contributed by atoms with Gasteiger partial charge in [-0.25, -0.2) is 0 Å². The average molecular weight is 184 g/mol. The Morgan fingerprint density at radius 2 is 2.31 bits per heavy atom. The van der Waals surface area contributed by atoms with Crippen LogP contribution in [0.5, 0.6) is 0 Å². The lowest BCUT2D eigenvalue weighted by Gasteiger charge is -2.22. The second-order valence-corrected chi connectivity index (χ2v) is 3.22. The highest BCUT2D eigenvalue weighted by molar-refractivity contribution is 6.06. The first-order chi connectivity index (χ1) is 6.06. The number of hydrogen-bond acceptors (Lipinski definition) is 4. The summed E-state index contributed by atoms with van der Waals surface area (Å²) in [6.45, 7) is 1.74. The quantitative estimate of drug-likeness (QED) is 0.484. The molecule has 0 aliphatic heterocycles. The number of methoxy groups -OCH3 is 1. The van der Waals surface area contributed by atoms with Gasteiger partial charge in [-0.15, -0.1) is 0 Å². The zero-order chi connectivity index (χ0) is 10.0. The number of rotatable bonds is 1. The fourth-order valence-electron chi connectivity index (χ4n) is 1.52. The summed E-state index contributed by atoms with van der Waals surface area (Å²) < 4.78 is 4.50. The minimum atomic E-state index is -0.749. The van der Waals surface area contributed by atoms with Gasteiger partial charge < -0.3 is 9.84 Å². The lowest BCUT2D eigenvalue weighted by molar-refractivity contribution is -0.150. The molecule has 0 aromatic heterocycles. The van der Waals surface area contributed by atoms with E-state index in [1.54, 1.807) is 6.92 Å². The molecule has 13 heavy (non-hydrogen) atoms. The molecule has 0 saturated carbocycles. The summed E-state index contributed by atoms with van der Waals surface area (Å²) >= 11 is 0. The smallest absolute Gasteiger partial charge is 0.316 e. The highest BCUT2D eigenvalue weighted by Gasteiger charge is 2.35. The lowest BCUT2D eigenvalue weighted by Crippen LogP contribution is -2.33. The van der Waals surface area contributed by atoms with Crippen LogP contribution in [-0.2, 0) is 14.3 Å². The van der Waals surface area contributed by atoms with E-state index in [1.807, 2.05) is 0 Å². The van der Waals surface area contributed by atoms with E-state index in [1.165, 1.54) is 7.11 Å². The van der Waals surface area contributed by atoms with Crippen LogP contribution in [0.1, 0.15) is 13.3 Å². The van der Waals surface area contributed by atoms with Crippen molar-refractivity contribution in [1.29, 1.82) is 0 Å². The molecule has 0 spiro atoms. The SMILES string of the molecule is COC(=O)C1C(=O)C=C(O)CC1C. The third-order valence-electron chi connectivity index (χ3n) is 2.17. The average Bonchev–Trinajstić information content (AvgIpc) is 2.02. The Morgan fingerprint density at radius 3 is 2.77 bits per heavy atom. The fourth-order valence-corrected chi connectivity index (χ4v) is 1.52. The molecule has 72 valence electrons. The van der Waals surface area contributed by atoms with Crippen molar-refractivity contribution in [3.63, 3.8) is 0 Å². The van der Waals surface area contributed by atoms with Crippen molar-refractivity contribution >= 4 is 11.8 Å². The van der Waals surface area contributed by atoms with Gasteiger partial charge in [-0.2, -0.15) is 0 Å². The lowest BCUT2D eigenvalue weighted by atomic mass is 9.83. The van der Waals surface area contributed by atoms with Crippen LogP contribution in [0.4, 0.5) is 0 Å². The van der Waals surface area contributed by atoms with E-state index in [4.69, 9.17) is 5.11 Å². The van der Waals surface area contributed by atoms with Crippen molar-refractivity contribution in [2.24, 2.45) is 11.8 Å². The van der Waals surface area contributed by atoms with Gasteiger partial charge in [-0.3, -0.25) is 9.59 Å². The number of ether oxygens (including phenoxy) is 1. The zero-order valence-electron chi connectivity index (χ0n) is 7.61. The van der Waals surface area contributed by atoms with Crippen LogP contribution >= 0.6 is 0 Å². The van der Waals surface area contributed by atoms with Crippen LogP contribution in [-0.4, -0.2) is 24.0 Å². The molecule has 0 bridgehead atoms. The van der Waals surface area contributed by atoms with Gasteiger partial charge in [0.15, 0.2) is 5.78 Å². The topological polar surface area (TPSA) is 63.6 Å². The third kappa shape index (κ3) is 1.88. The van der Waals surface area contributed by atoms with Crippen molar-refractivity contribution in [3.05, 3.63) is 11.8 Å². The van der Waals surface area contributed by atoms with Crippen LogP contribution in [0.3, 0.4) is 0 Å². The Hall–Kier alpha value is -1.32. The molecule has 0 saturated heterocycles. The standard InChI is InChI=1S/C9H12O4/c1-5-3-6(10)4-7(11)8(5)9(12)13-2/h4-5,8,10H,3H2,1-2H3. The monoisotopic (exact) mass is 184 g/mol. The molecule has 0 heterocycles. The molecule has 4 heteroatoms. The molecule has 2 atom stereocenters. The van der Waals surface area contributed by atoms with Crippen LogP contribution in [0.2, 0.25) is 0 Å². The molecular formula is C9H12O4. The number of allylic oxidation sites excluding steroid dienone is 2. The zero-order valence-corrected chi connectivity index (χ0v) is 7.61. The number of aliphatic hydroxyl groups is 1. The first kappa shape index (κ1) is 9.77. The summed E-state index contributed by atoms with van der Waals surface area (Å²) in [6.07, 6.45) is 1.45. The van der Waals surface area contributed by atoms with Gasteiger partial charge in [-0.05, 0) is 5.92 Å². The van der Waals surface area contributed by atoms with E-state index in [0.29, 0.717) is 6.42 Å². The van der Waals surface area contributed by atoms with Gasteiger partial charge in [0.1, 0.15) is 5.92 Å². The molecule has 0 fully saturated rings. The van der Waals surface area contributed by atoms with Crippen molar-refractivity contribution in [3.8, 4) is 0 Å². The number of hydrogen-bond donors (Lipinski definition) is 1. The minimum Gasteiger partial charge on any atom is -0.512 e. The van der Waals surface area contributed by atoms with Gasteiger partial charge >= 0.3 is 5.97 Å². The summed E-state index contributed by atoms with van der Waals surface area (Å²) in [6, 6.07) is 0. The maximum absolute atomic E-state index is 11.3. The second kappa shape index (κ2) is 3.60. The maximum Gasteiger partial charge on any atom is 0.316 e. The predicted molar refractivity (Wildman–Crippen MR) is 45.0 cm³/mol. The Morgan fingerprint density at radius 1 is 1.69 bits per heavy atom. The number of esters is 1. The molecule has 1 aliphatic carbocycles. The molecule has 2 unspecified atom stereocenters. The summed E-state index contributed by atoms with van der Waals surface area (Å²) in [4.78, 5) is 22.4. The van der Waals surface area contributed by atoms with Gasteiger partial charge in [0, 0.05) is 12.5 Å². The highest BCUT2D eigenvalue weighted by Crippen LogP contribution is 2.26. The number of aliphatic hydroxyl groups excluding tert-OH is 1. The van der Waals surface area contributed by atoms with Crippen LogP contribution in [0, 0.1) is 11.8 Å². The molecule has 1 N–H and O–H groups in total. The van der Waals surface area contributed by atoms with Crippen LogP contribution < -0.4 is 0 Å². The van der Waals surface area contributed by atoms with Gasteiger partial charge in [-0.1, -0.05) is 6.92 Å². The number of carbonyl (C=O) groups excluding carboxylic acids is 2. The molecule has 1 aliphatic rings. The predicted octanol–water partition coefficient (Wildman–Crippen LogP) is 0.826. The largest absolute Gasteiger partial charge is 0.512 e. The van der Waals surface area contributed by atoms with Crippen molar-refractivity contribution in [2.75, 3.05) is 7.11 Å². The van der Waals surface area contributed by atoms with Gasteiger partial charge in [0.05, 0.1) is 12.9 Å². The summed E-state index contributed by atoms with van der Waals surface area (Å²) in [7, 11) is 1.25. The Bertz CT molecular complexity index is 267. The second-order valence-electron chi connectivity index (χ2n) is 3.22. The first-order valence-corrected chi connectivity index (χ1v) is 4.07. The van der Waals surface area contributed by atoms with Crippen LogP contribution in [0.25, 0.3) is 0 Å².